The van der Waals surface area contributed by atoms with E-state index in [4.69, 9.17) is 0 Å². The first-order valence-electron chi connectivity index (χ1n) is 2.94. The number of rotatable bonds is 1. The highest BCUT2D eigenvalue weighted by atomic mass is 32.2. The molecule has 1 aromatic rings. The van der Waals surface area contributed by atoms with E-state index in [2.05, 4.69) is 30.7 Å². The van der Waals surface area contributed by atoms with Crippen LogP contribution in [0.25, 0.3) is 0 Å². The van der Waals surface area contributed by atoms with Gasteiger partial charge in [-0.1, -0.05) is 12.1 Å². The number of hydrogen-bond donors (Lipinski definition) is 1. The maximum Gasteiger partial charge on any atom is -0.0130 e. The van der Waals surface area contributed by atoms with Gasteiger partial charge < -0.3 is 0 Å². The third-order valence-corrected chi connectivity index (χ3v) is 2.55. The van der Waals surface area contributed by atoms with Crippen molar-refractivity contribution in [2.75, 3.05) is 12.5 Å². The Kier molecular flexibility index (Phi) is 2.17. The topological polar surface area (TPSA) is 0 Å². The maximum atomic E-state index is 3.00. The summed E-state index contributed by atoms with van der Waals surface area (Å²) in [7, 11) is 0.0844. The first-order valence-corrected chi connectivity index (χ1v) is 5.18. The van der Waals surface area contributed by atoms with Crippen LogP contribution >= 0.6 is 10.9 Å². The highest BCUT2D eigenvalue weighted by Crippen LogP contribution is 2.26. The average molecular weight is 139 g/mol. The zero-order valence-electron chi connectivity index (χ0n) is 5.76. The molecular formula is C8H11S. The predicted octanol–water partition coefficient (Wildman–Crippen LogP) is 2.11. The van der Waals surface area contributed by atoms with Gasteiger partial charge in [-0.25, -0.2) is 10.9 Å². The Morgan fingerprint density at radius 3 is 2.11 bits per heavy atom. The molecule has 1 rings (SSSR count). The lowest BCUT2D eigenvalue weighted by atomic mass is 10.4. The van der Waals surface area contributed by atoms with Gasteiger partial charge in [0.2, 0.25) is 0 Å². The summed E-state index contributed by atoms with van der Waals surface area (Å²) in [6.07, 6.45) is 4.51. The summed E-state index contributed by atoms with van der Waals surface area (Å²) in [5, 5.41) is 0. The second-order valence-corrected chi connectivity index (χ2v) is 4.46. The van der Waals surface area contributed by atoms with Crippen molar-refractivity contribution in [3.05, 3.63) is 30.3 Å². The van der Waals surface area contributed by atoms with E-state index in [-0.39, 0.29) is 10.9 Å². The summed E-state index contributed by atoms with van der Waals surface area (Å²) in [5.74, 6) is 0. The second kappa shape index (κ2) is 2.92. The molecule has 1 radical (unpaired) electrons. The molecule has 0 N–H and O–H groups in total. The monoisotopic (exact) mass is 139 g/mol. The van der Waals surface area contributed by atoms with Gasteiger partial charge in [-0.3, -0.25) is 0 Å². The van der Waals surface area contributed by atoms with Crippen LogP contribution in [0.2, 0.25) is 0 Å². The van der Waals surface area contributed by atoms with Crippen molar-refractivity contribution in [1.29, 1.82) is 0 Å². The van der Waals surface area contributed by atoms with E-state index in [9.17, 15) is 0 Å². The fourth-order valence-electron chi connectivity index (χ4n) is 0.676. The molecule has 0 nitrogen and oxygen atoms in total. The second-order valence-electron chi connectivity index (χ2n) is 2.15. The minimum Gasteiger partial charge on any atom is -0.233 e. The first-order chi connectivity index (χ1) is 4.30. The van der Waals surface area contributed by atoms with Crippen LogP contribution in [0.4, 0.5) is 0 Å². The van der Waals surface area contributed by atoms with Gasteiger partial charge in [0.15, 0.2) is 0 Å². The van der Waals surface area contributed by atoms with E-state index in [1.165, 1.54) is 4.90 Å². The van der Waals surface area contributed by atoms with Crippen molar-refractivity contribution < 1.29 is 0 Å². The van der Waals surface area contributed by atoms with E-state index in [0.717, 1.165) is 0 Å². The summed E-state index contributed by atoms with van der Waals surface area (Å²) in [6, 6.07) is 11.2. The molecule has 0 saturated carbocycles. The van der Waals surface area contributed by atoms with Crippen LogP contribution in [0.3, 0.4) is 0 Å². The number of thiol groups is 1. The smallest absolute Gasteiger partial charge is 0.0130 e. The quantitative estimate of drug-likeness (QED) is 0.566. The SMILES string of the molecule is C[SH](C)c1cc[c]cc1. The Morgan fingerprint density at radius 1 is 1.22 bits per heavy atom. The van der Waals surface area contributed by atoms with E-state index in [1.807, 2.05) is 12.1 Å². The Morgan fingerprint density at radius 2 is 1.78 bits per heavy atom. The highest BCUT2D eigenvalue weighted by molar-refractivity contribution is 8.15. The van der Waals surface area contributed by atoms with Gasteiger partial charge in [-0.05, 0) is 35.6 Å². The maximum absolute atomic E-state index is 3.00. The van der Waals surface area contributed by atoms with Gasteiger partial charge in [0.05, 0.1) is 0 Å². The normalized spacial score (nSPS) is 11.1. The summed E-state index contributed by atoms with van der Waals surface area (Å²) in [6.45, 7) is 0. The van der Waals surface area contributed by atoms with Crippen LogP contribution in [0.15, 0.2) is 29.2 Å². The van der Waals surface area contributed by atoms with Crippen LogP contribution in [0.1, 0.15) is 0 Å². The lowest BCUT2D eigenvalue weighted by Gasteiger charge is -2.06. The molecule has 0 fully saturated rings. The molecule has 49 valence electrons. The van der Waals surface area contributed by atoms with Crippen LogP contribution in [-0.4, -0.2) is 12.5 Å². The van der Waals surface area contributed by atoms with Gasteiger partial charge in [-0.2, -0.15) is 0 Å². The third-order valence-electron chi connectivity index (χ3n) is 1.22. The molecule has 0 amide bonds. The summed E-state index contributed by atoms with van der Waals surface area (Å²) in [4.78, 5) is 1.45. The van der Waals surface area contributed by atoms with Crippen molar-refractivity contribution in [3.63, 3.8) is 0 Å². The lowest BCUT2D eigenvalue weighted by Crippen LogP contribution is -1.74. The molecule has 0 spiro atoms. The molecular weight excluding hydrogens is 128 g/mol. The van der Waals surface area contributed by atoms with Crippen molar-refractivity contribution >= 4 is 10.9 Å². The lowest BCUT2D eigenvalue weighted by molar-refractivity contribution is 1.45. The molecule has 0 heterocycles. The van der Waals surface area contributed by atoms with Crippen molar-refractivity contribution in [2.45, 2.75) is 4.90 Å². The predicted molar refractivity (Wildman–Crippen MR) is 44.4 cm³/mol. The van der Waals surface area contributed by atoms with Gasteiger partial charge >= 0.3 is 0 Å². The molecule has 0 bridgehead atoms. The minimum absolute atomic E-state index is 0.0844. The minimum atomic E-state index is 0.0844. The Hall–Kier alpha value is -0.430. The Balaban J connectivity index is 2.85. The van der Waals surface area contributed by atoms with Gasteiger partial charge in [0.25, 0.3) is 0 Å². The molecule has 0 saturated heterocycles. The van der Waals surface area contributed by atoms with Crippen molar-refractivity contribution in [1.82, 2.24) is 0 Å². The Labute approximate surface area is 59.3 Å². The summed E-state index contributed by atoms with van der Waals surface area (Å²) < 4.78 is 0. The largest absolute Gasteiger partial charge is 0.233 e. The molecule has 1 heteroatoms. The third kappa shape index (κ3) is 1.75. The zero-order valence-corrected chi connectivity index (χ0v) is 6.65. The molecule has 1 aromatic carbocycles. The van der Waals surface area contributed by atoms with Gasteiger partial charge in [0.1, 0.15) is 0 Å². The van der Waals surface area contributed by atoms with Crippen LogP contribution in [0.5, 0.6) is 0 Å². The van der Waals surface area contributed by atoms with Crippen LogP contribution in [0, 0.1) is 6.07 Å². The molecule has 0 aliphatic rings. The van der Waals surface area contributed by atoms with E-state index in [1.54, 1.807) is 0 Å². The van der Waals surface area contributed by atoms with E-state index in [0.29, 0.717) is 0 Å². The van der Waals surface area contributed by atoms with Crippen molar-refractivity contribution in [3.8, 4) is 0 Å². The zero-order chi connectivity index (χ0) is 6.69. The van der Waals surface area contributed by atoms with E-state index >= 15 is 0 Å². The standard InChI is InChI=1S/C8H11S/c1-9(2)8-6-4-3-5-7-8/h4-7,9H,1-2H3. The summed E-state index contributed by atoms with van der Waals surface area (Å²) in [5.41, 5.74) is 0. The molecule has 0 aliphatic heterocycles. The molecule has 0 aliphatic carbocycles. The molecule has 0 aromatic heterocycles. The van der Waals surface area contributed by atoms with Gasteiger partial charge in [0, 0.05) is 0 Å². The number of hydrogen-bond acceptors (Lipinski definition) is 0. The fraction of sp³-hybridized carbons (Fsp3) is 0.250. The first kappa shape index (κ1) is 6.69. The summed E-state index contributed by atoms with van der Waals surface area (Å²) >= 11 is 0. The van der Waals surface area contributed by atoms with Gasteiger partial charge in [-0.15, -0.1) is 0 Å². The fourth-order valence-corrected chi connectivity index (χ4v) is 1.42. The highest BCUT2D eigenvalue weighted by Gasteiger charge is 1.89. The van der Waals surface area contributed by atoms with Crippen LogP contribution < -0.4 is 0 Å². The average Bonchev–Trinajstić information content (AvgIpc) is 1.90. The molecule has 9 heavy (non-hydrogen) atoms. The molecule has 0 unspecified atom stereocenters. The Bertz CT molecular complexity index is 167. The van der Waals surface area contributed by atoms with Crippen LogP contribution in [-0.2, 0) is 0 Å². The van der Waals surface area contributed by atoms with E-state index < -0.39 is 0 Å². The van der Waals surface area contributed by atoms with Crippen molar-refractivity contribution in [2.24, 2.45) is 0 Å². The molecule has 0 atom stereocenters. The number of benzene rings is 1.